The molecule has 8 nitrogen and oxygen atoms in total. The lowest BCUT2D eigenvalue weighted by molar-refractivity contribution is -0.137. The molecule has 0 bridgehead atoms. The number of hydrogen-bond donors (Lipinski definition) is 1. The first-order valence-electron chi connectivity index (χ1n) is 14.1. The molecule has 0 amide bonds. The van der Waals surface area contributed by atoms with E-state index in [1.807, 2.05) is 84.6 Å². The molecule has 226 valence electrons. The zero-order valence-electron chi connectivity index (χ0n) is 24.5. The first-order chi connectivity index (χ1) is 21.8. The highest BCUT2D eigenvalue weighted by molar-refractivity contribution is 6.51. The molecule has 7 rings (SSSR count). The zero-order valence-corrected chi connectivity index (χ0v) is 24.5. The van der Waals surface area contributed by atoms with Crippen LogP contribution in [0.3, 0.4) is 0 Å². The van der Waals surface area contributed by atoms with Crippen LogP contribution in [0.2, 0.25) is 0 Å². The van der Waals surface area contributed by atoms with E-state index in [1.165, 1.54) is 6.07 Å². The van der Waals surface area contributed by atoms with E-state index >= 15 is 0 Å². The summed E-state index contributed by atoms with van der Waals surface area (Å²) in [5.74, 6) is 2.44. The summed E-state index contributed by atoms with van der Waals surface area (Å²) in [5.41, 5.74) is 4.19. The van der Waals surface area contributed by atoms with Crippen molar-refractivity contribution in [2.24, 2.45) is 9.98 Å². The Labute approximate surface area is 257 Å². The third kappa shape index (κ3) is 4.86. The van der Waals surface area contributed by atoms with E-state index in [4.69, 9.17) is 24.6 Å². The van der Waals surface area contributed by atoms with Crippen molar-refractivity contribution in [1.82, 2.24) is 9.78 Å². The largest absolute Gasteiger partial charge is 0.493 e. The number of halogens is 3. The van der Waals surface area contributed by atoms with Crippen molar-refractivity contribution in [3.05, 3.63) is 119 Å². The number of aryl methyl sites for hydroxylation is 1. The number of fused-ring (bicyclic) bond motifs is 4. The van der Waals surface area contributed by atoms with E-state index in [0.717, 1.165) is 40.3 Å². The topological polar surface area (TPSA) is 76.3 Å². The van der Waals surface area contributed by atoms with Gasteiger partial charge in [-0.2, -0.15) is 18.3 Å². The number of benzene rings is 4. The minimum atomic E-state index is -4.50. The van der Waals surface area contributed by atoms with Crippen LogP contribution in [-0.2, 0) is 6.18 Å². The minimum Gasteiger partial charge on any atom is -0.493 e. The third-order valence-corrected chi connectivity index (χ3v) is 7.82. The van der Waals surface area contributed by atoms with E-state index < -0.39 is 17.8 Å². The maximum absolute atomic E-state index is 13.6. The monoisotopic (exact) mass is 608 g/mol. The molecular weight excluding hydrogens is 581 g/mol. The van der Waals surface area contributed by atoms with Crippen LogP contribution in [0, 0.1) is 6.92 Å². The van der Waals surface area contributed by atoms with Crippen molar-refractivity contribution in [3.63, 3.8) is 0 Å². The molecule has 0 spiro atoms. The molecule has 2 aliphatic rings. The lowest BCUT2D eigenvalue weighted by Gasteiger charge is -2.40. The van der Waals surface area contributed by atoms with Crippen molar-refractivity contribution in [3.8, 4) is 17.2 Å². The number of nitrogens with zero attached hydrogens (tertiary/aromatic N) is 5. The van der Waals surface area contributed by atoms with Gasteiger partial charge in [-0.25, -0.2) is 14.7 Å². The van der Waals surface area contributed by atoms with Gasteiger partial charge in [-0.05, 0) is 67.1 Å². The number of aromatic nitrogens is 2. The van der Waals surface area contributed by atoms with Gasteiger partial charge in [-0.3, -0.25) is 0 Å². The molecular formula is C34H27F3N6O2. The lowest BCUT2D eigenvalue weighted by Crippen LogP contribution is -2.46. The van der Waals surface area contributed by atoms with E-state index in [9.17, 15) is 13.2 Å². The number of alkyl halides is 3. The van der Waals surface area contributed by atoms with Crippen molar-refractivity contribution >= 4 is 34.6 Å². The number of nitrogens with one attached hydrogen (secondary N) is 1. The van der Waals surface area contributed by atoms with E-state index in [1.54, 1.807) is 25.0 Å². The Kier molecular flexibility index (Phi) is 6.80. The number of anilines is 2. The molecule has 11 heteroatoms. The Bertz CT molecular complexity index is 1980. The number of rotatable bonds is 5. The number of ether oxygens (including phenoxy) is 2. The summed E-state index contributed by atoms with van der Waals surface area (Å²) in [7, 11) is 3.16. The quantitative estimate of drug-likeness (QED) is 0.219. The zero-order chi connectivity index (χ0) is 31.3. The number of methoxy groups -OCH3 is 2. The van der Waals surface area contributed by atoms with Crippen LogP contribution < -0.4 is 19.7 Å². The number of para-hydroxylation sites is 3. The van der Waals surface area contributed by atoms with Gasteiger partial charge in [0, 0.05) is 11.3 Å². The molecule has 4 aromatic carbocycles. The van der Waals surface area contributed by atoms with Crippen LogP contribution in [0.4, 0.5) is 36.1 Å². The Morgan fingerprint density at radius 2 is 1.56 bits per heavy atom. The Morgan fingerprint density at radius 1 is 0.800 bits per heavy atom. The normalized spacial score (nSPS) is 15.3. The Balaban J connectivity index is 1.48. The maximum Gasteiger partial charge on any atom is 0.416 e. The van der Waals surface area contributed by atoms with Gasteiger partial charge < -0.3 is 19.7 Å². The van der Waals surface area contributed by atoms with E-state index in [-0.39, 0.29) is 5.69 Å². The highest BCUT2D eigenvalue weighted by atomic mass is 19.4. The molecule has 1 N–H and O–H groups in total. The van der Waals surface area contributed by atoms with Gasteiger partial charge in [-0.1, -0.05) is 42.5 Å². The summed E-state index contributed by atoms with van der Waals surface area (Å²) in [5, 5.41) is 8.06. The van der Waals surface area contributed by atoms with Crippen molar-refractivity contribution in [2.75, 3.05) is 24.4 Å². The van der Waals surface area contributed by atoms with Crippen LogP contribution in [0.15, 0.2) is 107 Å². The molecule has 0 fully saturated rings. The average Bonchev–Trinajstić information content (AvgIpc) is 3.39. The van der Waals surface area contributed by atoms with Gasteiger partial charge in [0.1, 0.15) is 0 Å². The highest BCUT2D eigenvalue weighted by Crippen LogP contribution is 2.49. The molecule has 1 atom stereocenters. The fourth-order valence-electron chi connectivity index (χ4n) is 5.80. The predicted octanol–water partition coefficient (Wildman–Crippen LogP) is 8.01. The first-order valence-corrected chi connectivity index (χ1v) is 14.1. The Hall–Kier alpha value is -5.58. The highest BCUT2D eigenvalue weighted by Gasteiger charge is 2.42. The summed E-state index contributed by atoms with van der Waals surface area (Å²) < 4.78 is 53.9. The van der Waals surface area contributed by atoms with E-state index in [2.05, 4.69) is 5.32 Å². The van der Waals surface area contributed by atoms with Gasteiger partial charge in [0.05, 0.1) is 48.6 Å². The van der Waals surface area contributed by atoms with Crippen LogP contribution in [0.25, 0.3) is 5.69 Å². The summed E-state index contributed by atoms with van der Waals surface area (Å²) in [6.07, 6.45) is -4.50. The summed E-state index contributed by atoms with van der Waals surface area (Å²) >= 11 is 0. The summed E-state index contributed by atoms with van der Waals surface area (Å²) in [6.45, 7) is 1.94. The molecule has 0 radical (unpaired) electrons. The predicted molar refractivity (Wildman–Crippen MR) is 168 cm³/mol. The lowest BCUT2D eigenvalue weighted by atomic mass is 9.93. The van der Waals surface area contributed by atoms with Crippen molar-refractivity contribution in [1.29, 1.82) is 0 Å². The molecule has 0 unspecified atom stereocenters. The fraction of sp³-hybridized carbons (Fsp3) is 0.147. The van der Waals surface area contributed by atoms with Crippen molar-refractivity contribution < 1.29 is 22.6 Å². The molecule has 0 aliphatic carbocycles. The van der Waals surface area contributed by atoms with Crippen molar-refractivity contribution in [2.45, 2.75) is 19.1 Å². The minimum absolute atomic E-state index is 0.229. The Morgan fingerprint density at radius 3 is 2.31 bits per heavy atom. The third-order valence-electron chi connectivity index (χ3n) is 7.82. The van der Waals surface area contributed by atoms with Gasteiger partial charge in [0.2, 0.25) is 0 Å². The molecule has 45 heavy (non-hydrogen) atoms. The second kappa shape index (κ2) is 10.8. The summed E-state index contributed by atoms with van der Waals surface area (Å²) in [6, 6.07) is 27.6. The number of hydrogen-bond acceptors (Lipinski definition) is 7. The smallest absolute Gasteiger partial charge is 0.416 e. The van der Waals surface area contributed by atoms with Gasteiger partial charge in [0.25, 0.3) is 0 Å². The first kappa shape index (κ1) is 28.2. The second-order valence-corrected chi connectivity index (χ2v) is 10.5. The van der Waals surface area contributed by atoms with Gasteiger partial charge >= 0.3 is 6.18 Å². The van der Waals surface area contributed by atoms with Crippen LogP contribution in [0.1, 0.15) is 28.4 Å². The molecule has 5 aromatic rings. The molecule has 0 saturated heterocycles. The molecule has 2 aliphatic heterocycles. The fourth-order valence-corrected chi connectivity index (χ4v) is 5.80. The number of amidine groups is 2. The number of aliphatic imine (C=N–C) groups is 2. The van der Waals surface area contributed by atoms with Crippen LogP contribution in [-0.4, -0.2) is 35.7 Å². The van der Waals surface area contributed by atoms with Crippen LogP contribution in [0.5, 0.6) is 11.5 Å². The second-order valence-electron chi connectivity index (χ2n) is 10.5. The molecule has 0 saturated carbocycles. The average molecular weight is 609 g/mol. The van der Waals surface area contributed by atoms with Crippen LogP contribution >= 0.6 is 0 Å². The summed E-state index contributed by atoms with van der Waals surface area (Å²) in [4.78, 5) is 12.0. The van der Waals surface area contributed by atoms with E-state index in [0.29, 0.717) is 34.7 Å². The molecule has 3 heterocycles. The van der Waals surface area contributed by atoms with Gasteiger partial charge in [-0.15, -0.1) is 0 Å². The van der Waals surface area contributed by atoms with Gasteiger partial charge in [0.15, 0.2) is 29.0 Å². The SMILES string of the molecule is COc1ccc([C@@H]2c3c(C)nn(-c4ccccc4)c3N=C3C(Nc4cccc(C(F)(F)F)c4)=Nc4ccccc4N32)cc1OC. The standard InChI is InChI=1S/C34H27F3N6O2/c1-20-29-30(21-16-17-27(44-2)28(18-21)45-3)42-26-15-8-7-14-25(26)39-31(38-23-11-9-10-22(19-23)34(35,36)37)33(42)40-32(29)43(41-20)24-12-5-4-6-13-24/h4-19,30H,1-3H3,(H,38,39)/t30-/m1/s1. The molecule has 1 aromatic heterocycles. The maximum atomic E-state index is 13.6.